The van der Waals surface area contributed by atoms with Gasteiger partial charge in [0.15, 0.2) is 5.90 Å². The van der Waals surface area contributed by atoms with Crippen LogP contribution in [0.25, 0.3) is 0 Å². The summed E-state index contributed by atoms with van der Waals surface area (Å²) in [4.78, 5) is 14.4. The topological polar surface area (TPSA) is 47.9 Å². The zero-order valence-corrected chi connectivity index (χ0v) is 7.79. The molecule has 0 unspecified atom stereocenters. The van der Waals surface area contributed by atoms with E-state index in [2.05, 4.69) is 9.73 Å². The maximum Gasteiger partial charge on any atom is 0.436 e. The molecular weight excluding hydrogens is 158 g/mol. The second kappa shape index (κ2) is 6.64. The van der Waals surface area contributed by atoms with Crippen molar-refractivity contribution < 1.29 is 14.3 Å². The lowest BCUT2D eigenvalue weighted by atomic mass is 10.5. The molecule has 0 aromatic rings. The lowest BCUT2D eigenvalue weighted by molar-refractivity contribution is 0.162. The van der Waals surface area contributed by atoms with Gasteiger partial charge in [-0.1, -0.05) is 6.92 Å². The van der Waals surface area contributed by atoms with Crippen LogP contribution in [0.2, 0.25) is 0 Å². The zero-order chi connectivity index (χ0) is 9.40. The molecule has 0 aromatic carbocycles. The molecule has 0 fully saturated rings. The Hall–Kier alpha value is -1.06. The summed E-state index contributed by atoms with van der Waals surface area (Å²) in [6.45, 7) is 6.31. The maximum atomic E-state index is 10.8. The highest BCUT2D eigenvalue weighted by molar-refractivity contribution is 5.87. The van der Waals surface area contributed by atoms with Crippen molar-refractivity contribution in [2.45, 2.75) is 27.2 Å². The Kier molecular flexibility index (Phi) is 6.05. The fourth-order valence-corrected chi connectivity index (χ4v) is 0.638. The van der Waals surface area contributed by atoms with E-state index >= 15 is 0 Å². The number of aliphatic imine (C=N–C) groups is 1. The van der Waals surface area contributed by atoms with Crippen LogP contribution in [0.3, 0.4) is 0 Å². The SMILES string of the molecule is CCOC(=O)/N=C(/CC)OCC. The number of ether oxygens (including phenoxy) is 2. The van der Waals surface area contributed by atoms with Crippen molar-refractivity contribution in [3.63, 3.8) is 0 Å². The highest BCUT2D eigenvalue weighted by Crippen LogP contribution is 1.92. The summed E-state index contributed by atoms with van der Waals surface area (Å²) < 4.78 is 9.67. The minimum absolute atomic E-state index is 0.339. The Morgan fingerprint density at radius 2 is 1.75 bits per heavy atom. The predicted octanol–water partition coefficient (Wildman–Crippen LogP) is 1.99. The van der Waals surface area contributed by atoms with Gasteiger partial charge < -0.3 is 9.47 Å². The van der Waals surface area contributed by atoms with Crippen LogP contribution >= 0.6 is 0 Å². The second-order valence-electron chi connectivity index (χ2n) is 1.99. The van der Waals surface area contributed by atoms with Crippen LogP contribution < -0.4 is 0 Å². The zero-order valence-electron chi connectivity index (χ0n) is 7.79. The quantitative estimate of drug-likeness (QED) is 0.484. The van der Waals surface area contributed by atoms with E-state index in [1.165, 1.54) is 0 Å². The van der Waals surface area contributed by atoms with E-state index in [1.807, 2.05) is 13.8 Å². The molecule has 70 valence electrons. The normalized spacial score (nSPS) is 11.1. The lowest BCUT2D eigenvalue weighted by Gasteiger charge is -2.03. The molecule has 4 nitrogen and oxygen atoms in total. The van der Waals surface area contributed by atoms with E-state index in [0.717, 1.165) is 0 Å². The molecule has 1 amide bonds. The van der Waals surface area contributed by atoms with E-state index in [9.17, 15) is 4.79 Å². The Labute approximate surface area is 72.6 Å². The van der Waals surface area contributed by atoms with Gasteiger partial charge in [0.25, 0.3) is 0 Å². The van der Waals surface area contributed by atoms with E-state index < -0.39 is 6.09 Å². The summed E-state index contributed by atoms with van der Waals surface area (Å²) in [6, 6.07) is 0. The molecule has 0 N–H and O–H groups in total. The maximum absolute atomic E-state index is 10.8. The number of carbonyl (C=O) groups is 1. The van der Waals surface area contributed by atoms with Gasteiger partial charge in [0.2, 0.25) is 0 Å². The molecule has 0 saturated heterocycles. The highest BCUT2D eigenvalue weighted by atomic mass is 16.6. The molecule has 4 heteroatoms. The average molecular weight is 173 g/mol. The number of hydrogen-bond acceptors (Lipinski definition) is 3. The molecule has 0 aromatic heterocycles. The number of nitrogens with zero attached hydrogens (tertiary/aromatic N) is 1. The first-order chi connectivity index (χ1) is 5.74. The molecule has 12 heavy (non-hydrogen) atoms. The largest absolute Gasteiger partial charge is 0.481 e. The first kappa shape index (κ1) is 10.9. The molecule has 0 saturated carbocycles. The van der Waals surface area contributed by atoms with Crippen molar-refractivity contribution in [2.75, 3.05) is 13.2 Å². The smallest absolute Gasteiger partial charge is 0.436 e. The van der Waals surface area contributed by atoms with Crippen molar-refractivity contribution in [3.8, 4) is 0 Å². The monoisotopic (exact) mass is 173 g/mol. The van der Waals surface area contributed by atoms with Gasteiger partial charge in [-0.05, 0) is 13.8 Å². The highest BCUT2D eigenvalue weighted by Gasteiger charge is 2.01. The fourth-order valence-electron chi connectivity index (χ4n) is 0.638. The van der Waals surface area contributed by atoms with Crippen LogP contribution in [0.1, 0.15) is 27.2 Å². The Morgan fingerprint density at radius 1 is 1.17 bits per heavy atom. The first-order valence-electron chi connectivity index (χ1n) is 4.11. The van der Waals surface area contributed by atoms with Gasteiger partial charge in [-0.25, -0.2) is 4.79 Å². The summed E-state index contributed by atoms with van der Waals surface area (Å²) in [5.74, 6) is 0.427. The number of carbonyl (C=O) groups excluding carboxylic acids is 1. The molecule has 0 rings (SSSR count). The number of hydrogen-bond donors (Lipinski definition) is 0. The standard InChI is InChI=1S/C8H15NO3/c1-4-7(11-5-2)9-8(10)12-6-3/h4-6H2,1-3H3/b9-7-. The molecule has 0 bridgehead atoms. The van der Waals surface area contributed by atoms with Gasteiger partial charge in [0, 0.05) is 6.42 Å². The summed E-state index contributed by atoms with van der Waals surface area (Å²) in [6.07, 6.45) is 0.0231. The van der Waals surface area contributed by atoms with Crippen molar-refractivity contribution in [3.05, 3.63) is 0 Å². The van der Waals surface area contributed by atoms with Gasteiger partial charge in [0.1, 0.15) is 0 Å². The minimum atomic E-state index is -0.581. The van der Waals surface area contributed by atoms with Crippen LogP contribution in [0.5, 0.6) is 0 Å². The van der Waals surface area contributed by atoms with Crippen LogP contribution in [0, 0.1) is 0 Å². The minimum Gasteiger partial charge on any atom is -0.481 e. The van der Waals surface area contributed by atoms with Crippen LogP contribution in [-0.4, -0.2) is 25.2 Å². The van der Waals surface area contributed by atoms with Crippen LogP contribution in [0.4, 0.5) is 4.79 Å². The molecule has 0 spiro atoms. The lowest BCUT2D eigenvalue weighted by Crippen LogP contribution is -2.08. The van der Waals surface area contributed by atoms with Crippen molar-refractivity contribution in [1.82, 2.24) is 0 Å². The molecule has 0 aliphatic heterocycles. The summed E-state index contributed by atoms with van der Waals surface area (Å²) in [5.41, 5.74) is 0. The first-order valence-corrected chi connectivity index (χ1v) is 4.11. The van der Waals surface area contributed by atoms with Gasteiger partial charge in [-0.3, -0.25) is 0 Å². The van der Waals surface area contributed by atoms with Crippen LogP contribution in [0.15, 0.2) is 4.99 Å². The van der Waals surface area contributed by atoms with Crippen molar-refractivity contribution in [1.29, 1.82) is 0 Å². The van der Waals surface area contributed by atoms with Crippen molar-refractivity contribution >= 4 is 12.0 Å². The molecule has 0 aliphatic rings. The van der Waals surface area contributed by atoms with Gasteiger partial charge >= 0.3 is 6.09 Å². The molecular formula is C8H15NO3. The van der Waals surface area contributed by atoms with Gasteiger partial charge in [0.05, 0.1) is 13.2 Å². The third kappa shape index (κ3) is 4.71. The molecule has 0 aliphatic carbocycles. The third-order valence-corrected chi connectivity index (χ3v) is 1.10. The van der Waals surface area contributed by atoms with Crippen LogP contribution in [-0.2, 0) is 9.47 Å². The third-order valence-electron chi connectivity index (χ3n) is 1.10. The Bertz CT molecular complexity index is 166. The van der Waals surface area contributed by atoms with Crippen molar-refractivity contribution in [2.24, 2.45) is 4.99 Å². The van der Waals surface area contributed by atoms with E-state index in [4.69, 9.17) is 4.74 Å². The van der Waals surface area contributed by atoms with Gasteiger partial charge in [-0.2, -0.15) is 0 Å². The summed E-state index contributed by atoms with van der Waals surface area (Å²) in [5, 5.41) is 0. The van der Waals surface area contributed by atoms with E-state index in [-0.39, 0.29) is 0 Å². The Morgan fingerprint density at radius 3 is 2.17 bits per heavy atom. The predicted molar refractivity (Wildman–Crippen MR) is 46.4 cm³/mol. The Balaban J connectivity index is 3.98. The second-order valence-corrected chi connectivity index (χ2v) is 1.99. The van der Waals surface area contributed by atoms with E-state index in [0.29, 0.717) is 25.5 Å². The molecule has 0 radical (unpaired) electrons. The summed E-state index contributed by atoms with van der Waals surface area (Å²) >= 11 is 0. The summed E-state index contributed by atoms with van der Waals surface area (Å²) in [7, 11) is 0. The molecule has 0 heterocycles. The average Bonchev–Trinajstić information content (AvgIpc) is 2.04. The number of rotatable bonds is 3. The molecule has 0 atom stereocenters. The van der Waals surface area contributed by atoms with E-state index in [1.54, 1.807) is 6.92 Å². The van der Waals surface area contributed by atoms with Gasteiger partial charge in [-0.15, -0.1) is 4.99 Å². The number of amides is 1. The fraction of sp³-hybridized carbons (Fsp3) is 0.750.